The van der Waals surface area contributed by atoms with Gasteiger partial charge >= 0.3 is 0 Å². The number of carbonyl (C=O) groups is 2. The minimum atomic E-state index is -0.348. The van der Waals surface area contributed by atoms with Gasteiger partial charge in [-0.25, -0.2) is 0 Å². The molecule has 2 N–H and O–H groups in total. The molecule has 0 aliphatic heterocycles. The SMILES string of the molecule is Cc1cccc(NC(=O)CN(C)C(C)C(=O)NC2CCCC(C)C2C)c1C. The molecule has 0 heterocycles. The second-order valence-corrected chi connectivity index (χ2v) is 8.27. The number of nitrogens with one attached hydrogen (secondary N) is 2. The van der Waals surface area contributed by atoms with E-state index in [0.29, 0.717) is 11.8 Å². The van der Waals surface area contributed by atoms with Crippen molar-refractivity contribution in [3.05, 3.63) is 29.3 Å². The number of rotatable bonds is 6. The number of anilines is 1. The Bertz CT molecular complexity index is 674. The molecule has 5 nitrogen and oxygen atoms in total. The van der Waals surface area contributed by atoms with Crippen molar-refractivity contribution in [3.8, 4) is 0 Å². The van der Waals surface area contributed by atoms with Crippen molar-refractivity contribution in [1.82, 2.24) is 10.2 Å². The van der Waals surface area contributed by atoms with E-state index in [1.54, 1.807) is 4.90 Å². The van der Waals surface area contributed by atoms with Crippen LogP contribution in [0.5, 0.6) is 0 Å². The van der Waals surface area contributed by atoms with Crippen LogP contribution in [0.1, 0.15) is 51.2 Å². The first-order valence-electron chi connectivity index (χ1n) is 10.1. The summed E-state index contributed by atoms with van der Waals surface area (Å²) in [6.07, 6.45) is 3.45. The molecule has 2 amide bonds. The van der Waals surface area contributed by atoms with Crippen LogP contribution in [-0.4, -0.2) is 42.4 Å². The van der Waals surface area contributed by atoms with Gasteiger partial charge in [-0.15, -0.1) is 0 Å². The molecule has 0 saturated heterocycles. The van der Waals surface area contributed by atoms with Gasteiger partial charge < -0.3 is 10.6 Å². The third kappa shape index (κ3) is 5.55. The first-order valence-corrected chi connectivity index (χ1v) is 10.1. The topological polar surface area (TPSA) is 61.4 Å². The Hall–Kier alpha value is -1.88. The van der Waals surface area contributed by atoms with E-state index in [9.17, 15) is 9.59 Å². The lowest BCUT2D eigenvalue weighted by molar-refractivity contribution is -0.127. The average molecular weight is 374 g/mol. The molecule has 1 aromatic carbocycles. The zero-order valence-electron chi connectivity index (χ0n) is 17.6. The molecule has 150 valence electrons. The monoisotopic (exact) mass is 373 g/mol. The van der Waals surface area contributed by atoms with Crippen LogP contribution in [0.4, 0.5) is 5.69 Å². The first kappa shape index (κ1) is 21.4. The van der Waals surface area contributed by atoms with Gasteiger partial charge in [0.05, 0.1) is 12.6 Å². The third-order valence-corrected chi connectivity index (χ3v) is 6.35. The lowest BCUT2D eigenvalue weighted by Crippen LogP contribution is -2.51. The van der Waals surface area contributed by atoms with E-state index in [2.05, 4.69) is 24.5 Å². The summed E-state index contributed by atoms with van der Waals surface area (Å²) in [5, 5.41) is 6.16. The van der Waals surface area contributed by atoms with Gasteiger partial charge in [0.2, 0.25) is 11.8 Å². The number of hydrogen-bond donors (Lipinski definition) is 2. The molecule has 4 unspecified atom stereocenters. The standard InChI is InChI=1S/C22H35N3O2/c1-14-9-7-11-19(16(14)3)23-21(26)13-25(6)18(5)22(27)24-20-12-8-10-15(2)17(20)4/h7,9,11,15,17-18,20H,8,10,12-13H2,1-6H3,(H,23,26)(H,24,27). The summed E-state index contributed by atoms with van der Waals surface area (Å²) < 4.78 is 0. The second kappa shape index (κ2) is 9.36. The van der Waals surface area contributed by atoms with E-state index in [1.165, 1.54) is 12.8 Å². The number of aryl methyl sites for hydroxylation is 1. The summed E-state index contributed by atoms with van der Waals surface area (Å²) in [7, 11) is 1.82. The lowest BCUT2D eigenvalue weighted by Gasteiger charge is -2.36. The highest BCUT2D eigenvalue weighted by atomic mass is 16.2. The molecule has 4 atom stereocenters. The van der Waals surface area contributed by atoms with Crippen LogP contribution in [-0.2, 0) is 9.59 Å². The average Bonchev–Trinajstić information content (AvgIpc) is 2.62. The molecule has 2 rings (SSSR count). The Morgan fingerprint density at radius 2 is 1.93 bits per heavy atom. The van der Waals surface area contributed by atoms with Crippen LogP contribution in [0.3, 0.4) is 0 Å². The molecular formula is C22H35N3O2. The molecule has 1 aliphatic rings. The number of amides is 2. The fourth-order valence-electron chi connectivity index (χ4n) is 3.73. The van der Waals surface area contributed by atoms with Crippen LogP contribution >= 0.6 is 0 Å². The van der Waals surface area contributed by atoms with Crippen LogP contribution in [0.15, 0.2) is 18.2 Å². The summed E-state index contributed by atoms with van der Waals surface area (Å²) >= 11 is 0. The Labute approximate surface area is 163 Å². The molecule has 5 heteroatoms. The molecule has 0 spiro atoms. The van der Waals surface area contributed by atoms with Crippen LogP contribution in [0.25, 0.3) is 0 Å². The van der Waals surface area contributed by atoms with Crippen molar-refractivity contribution in [2.75, 3.05) is 18.9 Å². The Kier molecular flexibility index (Phi) is 7.42. The van der Waals surface area contributed by atoms with Gasteiger partial charge in [-0.2, -0.15) is 0 Å². The van der Waals surface area contributed by atoms with Crippen molar-refractivity contribution in [1.29, 1.82) is 0 Å². The van der Waals surface area contributed by atoms with Gasteiger partial charge in [0.25, 0.3) is 0 Å². The first-order chi connectivity index (χ1) is 12.7. The maximum Gasteiger partial charge on any atom is 0.238 e. The molecule has 0 bridgehead atoms. The maximum absolute atomic E-state index is 12.7. The molecule has 1 fully saturated rings. The molecule has 1 aromatic rings. The summed E-state index contributed by atoms with van der Waals surface area (Å²) in [5.41, 5.74) is 3.04. The van der Waals surface area contributed by atoms with Gasteiger partial charge in [-0.05, 0) is 63.3 Å². The molecule has 27 heavy (non-hydrogen) atoms. The van der Waals surface area contributed by atoms with Gasteiger partial charge in [0, 0.05) is 11.7 Å². The third-order valence-electron chi connectivity index (χ3n) is 6.35. The quantitative estimate of drug-likeness (QED) is 0.802. The molecule has 1 aliphatic carbocycles. The fraction of sp³-hybridized carbons (Fsp3) is 0.636. The largest absolute Gasteiger partial charge is 0.352 e. The minimum Gasteiger partial charge on any atom is -0.352 e. The maximum atomic E-state index is 12.7. The number of hydrogen-bond acceptors (Lipinski definition) is 3. The van der Waals surface area contributed by atoms with Crippen LogP contribution in [0.2, 0.25) is 0 Å². The number of carbonyl (C=O) groups excluding carboxylic acids is 2. The highest BCUT2D eigenvalue weighted by Crippen LogP contribution is 2.29. The Morgan fingerprint density at radius 1 is 1.22 bits per heavy atom. The van der Waals surface area contributed by atoms with Crippen molar-refractivity contribution in [3.63, 3.8) is 0 Å². The van der Waals surface area contributed by atoms with Crippen LogP contribution in [0, 0.1) is 25.7 Å². The van der Waals surface area contributed by atoms with E-state index in [1.807, 2.05) is 46.0 Å². The predicted molar refractivity (Wildman–Crippen MR) is 111 cm³/mol. The van der Waals surface area contributed by atoms with Crippen molar-refractivity contribution in [2.24, 2.45) is 11.8 Å². The van der Waals surface area contributed by atoms with E-state index in [4.69, 9.17) is 0 Å². The highest BCUT2D eigenvalue weighted by Gasteiger charge is 2.30. The summed E-state index contributed by atoms with van der Waals surface area (Å²) in [4.78, 5) is 26.9. The van der Waals surface area contributed by atoms with E-state index < -0.39 is 0 Å². The normalized spacial score (nSPS) is 23.7. The van der Waals surface area contributed by atoms with Gasteiger partial charge in [0.15, 0.2) is 0 Å². The number of nitrogens with zero attached hydrogens (tertiary/aromatic N) is 1. The van der Waals surface area contributed by atoms with Crippen molar-refractivity contribution < 1.29 is 9.59 Å². The Balaban J connectivity index is 1.88. The molecular weight excluding hydrogens is 338 g/mol. The molecule has 0 radical (unpaired) electrons. The minimum absolute atomic E-state index is 0.00276. The van der Waals surface area contributed by atoms with E-state index >= 15 is 0 Å². The fourth-order valence-corrected chi connectivity index (χ4v) is 3.73. The lowest BCUT2D eigenvalue weighted by atomic mass is 9.78. The Morgan fingerprint density at radius 3 is 2.63 bits per heavy atom. The van der Waals surface area contributed by atoms with Gasteiger partial charge in [-0.3, -0.25) is 14.5 Å². The summed E-state index contributed by atoms with van der Waals surface area (Å²) in [6, 6.07) is 5.75. The predicted octanol–water partition coefficient (Wildman–Crippen LogP) is 3.50. The van der Waals surface area contributed by atoms with E-state index in [-0.39, 0.29) is 30.4 Å². The van der Waals surface area contributed by atoms with Crippen molar-refractivity contribution >= 4 is 17.5 Å². The summed E-state index contributed by atoms with van der Waals surface area (Å²) in [6.45, 7) is 10.5. The van der Waals surface area contributed by atoms with Gasteiger partial charge in [-0.1, -0.05) is 38.8 Å². The number of benzene rings is 1. The van der Waals surface area contributed by atoms with Gasteiger partial charge in [0.1, 0.15) is 0 Å². The zero-order valence-corrected chi connectivity index (χ0v) is 17.6. The van der Waals surface area contributed by atoms with Crippen LogP contribution < -0.4 is 10.6 Å². The molecule has 0 aromatic heterocycles. The smallest absolute Gasteiger partial charge is 0.238 e. The molecule has 1 saturated carbocycles. The van der Waals surface area contributed by atoms with Crippen molar-refractivity contribution in [2.45, 2.75) is 66.0 Å². The second-order valence-electron chi connectivity index (χ2n) is 8.27. The zero-order chi connectivity index (χ0) is 20.1. The highest BCUT2D eigenvalue weighted by molar-refractivity contribution is 5.93. The summed E-state index contributed by atoms with van der Waals surface area (Å²) in [5.74, 6) is 1.03. The van der Waals surface area contributed by atoms with E-state index in [0.717, 1.165) is 23.2 Å². The number of likely N-dealkylation sites (N-methyl/N-ethyl adjacent to an activating group) is 1.